The molecule has 4 aromatic rings. The number of aromatic nitrogens is 2. The molecule has 35 heavy (non-hydrogen) atoms. The molecule has 0 bridgehead atoms. The highest BCUT2D eigenvalue weighted by Crippen LogP contribution is 2.31. The van der Waals surface area contributed by atoms with E-state index in [1.165, 1.54) is 68.3 Å². The van der Waals surface area contributed by atoms with E-state index < -0.39 is 15.9 Å². The van der Waals surface area contributed by atoms with Crippen LogP contribution in [0.5, 0.6) is 5.75 Å². The Labute approximate surface area is 203 Å². The van der Waals surface area contributed by atoms with Crippen LogP contribution in [-0.4, -0.2) is 26.4 Å². The molecule has 0 aliphatic carbocycles. The zero-order valence-electron chi connectivity index (χ0n) is 18.7. The Morgan fingerprint density at radius 2 is 1.60 bits per heavy atom. The summed E-state index contributed by atoms with van der Waals surface area (Å²) < 4.78 is 34.2. The number of pyridine rings is 2. The van der Waals surface area contributed by atoms with Crippen LogP contribution in [0.1, 0.15) is 21.5 Å². The van der Waals surface area contributed by atoms with E-state index >= 15 is 0 Å². The summed E-state index contributed by atoms with van der Waals surface area (Å²) in [5.74, 6) is -0.238. The second kappa shape index (κ2) is 10.2. The van der Waals surface area contributed by atoms with Crippen LogP contribution in [0.15, 0.2) is 102 Å². The minimum atomic E-state index is -4.31. The summed E-state index contributed by atoms with van der Waals surface area (Å²) in [6, 6.07) is 18.7. The molecule has 0 radical (unpaired) electrons. The van der Waals surface area contributed by atoms with E-state index in [-0.39, 0.29) is 16.1 Å². The minimum Gasteiger partial charge on any atom is -0.619 e. The second-order valence-corrected chi connectivity index (χ2v) is 9.16. The van der Waals surface area contributed by atoms with Crippen molar-refractivity contribution in [3.05, 3.63) is 119 Å². The SMILES string of the molecule is COc1ccc(S(=O)(=O)N(C(=O)c2ccncc2)c2ccccc2/C=C/c2cc[n+]([O-])cc2)cc1. The molecule has 0 saturated heterocycles. The molecule has 1 amide bonds. The summed E-state index contributed by atoms with van der Waals surface area (Å²) in [5.41, 5.74) is 1.57. The fraction of sp³-hybridized carbons (Fsp3) is 0.0385. The number of ether oxygens (including phenoxy) is 1. The van der Waals surface area contributed by atoms with Crippen LogP contribution in [0, 0.1) is 5.21 Å². The number of sulfonamides is 1. The van der Waals surface area contributed by atoms with Gasteiger partial charge in [-0.15, -0.1) is 0 Å². The molecule has 0 aliphatic rings. The average Bonchev–Trinajstić information content (AvgIpc) is 2.89. The molecule has 0 atom stereocenters. The Morgan fingerprint density at radius 1 is 0.943 bits per heavy atom. The van der Waals surface area contributed by atoms with Crippen molar-refractivity contribution in [3.8, 4) is 5.75 Å². The van der Waals surface area contributed by atoms with Crippen LogP contribution >= 0.6 is 0 Å². The molecule has 0 saturated carbocycles. The number of nitrogens with zero attached hydrogens (tertiary/aromatic N) is 3. The molecule has 176 valence electrons. The third-order valence-corrected chi connectivity index (χ3v) is 6.86. The molecule has 0 aliphatic heterocycles. The summed E-state index contributed by atoms with van der Waals surface area (Å²) >= 11 is 0. The fourth-order valence-corrected chi connectivity index (χ4v) is 4.79. The van der Waals surface area contributed by atoms with Crippen molar-refractivity contribution < 1.29 is 22.7 Å². The summed E-state index contributed by atoms with van der Waals surface area (Å²) in [6.07, 6.45) is 8.99. The van der Waals surface area contributed by atoms with Crippen molar-refractivity contribution in [1.82, 2.24) is 4.98 Å². The summed E-state index contributed by atoms with van der Waals surface area (Å²) in [4.78, 5) is 17.4. The van der Waals surface area contributed by atoms with Crippen LogP contribution in [0.4, 0.5) is 5.69 Å². The standard InChI is InChI=1S/C26H21N3O5S/c1-34-23-8-10-24(11-9-23)35(32,33)29(26(30)22-12-16-27-17-13-22)25-5-3-2-4-21(25)7-6-20-14-18-28(31)19-15-20/h2-19H,1H3/b7-6+. The summed E-state index contributed by atoms with van der Waals surface area (Å²) in [6.45, 7) is 0. The monoisotopic (exact) mass is 487 g/mol. The first-order valence-electron chi connectivity index (χ1n) is 10.5. The largest absolute Gasteiger partial charge is 0.619 e. The smallest absolute Gasteiger partial charge is 0.272 e. The van der Waals surface area contributed by atoms with Gasteiger partial charge in [0.1, 0.15) is 5.75 Å². The van der Waals surface area contributed by atoms with Gasteiger partial charge in [-0.1, -0.05) is 30.4 Å². The van der Waals surface area contributed by atoms with E-state index in [0.717, 1.165) is 9.87 Å². The van der Waals surface area contributed by atoms with Gasteiger partial charge in [-0.05, 0) is 53.6 Å². The van der Waals surface area contributed by atoms with E-state index in [0.29, 0.717) is 16.0 Å². The summed E-state index contributed by atoms with van der Waals surface area (Å²) in [7, 11) is -2.83. The highest BCUT2D eigenvalue weighted by atomic mass is 32.2. The molecule has 8 nitrogen and oxygen atoms in total. The molecule has 0 fully saturated rings. The van der Waals surface area contributed by atoms with Crippen molar-refractivity contribution in [3.63, 3.8) is 0 Å². The molecular weight excluding hydrogens is 466 g/mol. The maximum absolute atomic E-state index is 13.8. The maximum atomic E-state index is 13.8. The molecule has 2 aromatic heterocycles. The predicted octanol–water partition coefficient (Wildman–Crippen LogP) is 3.93. The number of carbonyl (C=O) groups excluding carboxylic acids is 1. The van der Waals surface area contributed by atoms with Crippen LogP contribution in [0.2, 0.25) is 0 Å². The number of hydrogen-bond acceptors (Lipinski definition) is 6. The van der Waals surface area contributed by atoms with Gasteiger partial charge in [0.15, 0.2) is 12.4 Å². The first kappa shape index (κ1) is 23.7. The predicted molar refractivity (Wildman–Crippen MR) is 132 cm³/mol. The number of benzene rings is 2. The van der Waals surface area contributed by atoms with Gasteiger partial charge in [0.05, 0.1) is 17.7 Å². The maximum Gasteiger partial charge on any atom is 0.272 e. The van der Waals surface area contributed by atoms with E-state index in [9.17, 15) is 18.4 Å². The van der Waals surface area contributed by atoms with Crippen molar-refractivity contribution >= 4 is 33.8 Å². The highest BCUT2D eigenvalue weighted by Gasteiger charge is 2.33. The molecule has 0 unspecified atom stereocenters. The molecule has 0 spiro atoms. The third kappa shape index (κ3) is 5.20. The van der Waals surface area contributed by atoms with E-state index in [1.807, 2.05) is 0 Å². The Bertz CT molecular complexity index is 1450. The van der Waals surface area contributed by atoms with Crippen LogP contribution in [0.25, 0.3) is 12.2 Å². The van der Waals surface area contributed by atoms with Gasteiger partial charge >= 0.3 is 0 Å². The first-order valence-corrected chi connectivity index (χ1v) is 11.9. The minimum absolute atomic E-state index is 0.0671. The van der Waals surface area contributed by atoms with Crippen molar-refractivity contribution in [2.75, 3.05) is 11.4 Å². The molecular formula is C26H21N3O5S. The number of rotatable bonds is 7. The zero-order valence-corrected chi connectivity index (χ0v) is 19.5. The summed E-state index contributed by atoms with van der Waals surface area (Å²) in [5, 5.41) is 11.3. The lowest BCUT2D eigenvalue weighted by atomic mass is 10.1. The Morgan fingerprint density at radius 3 is 2.26 bits per heavy atom. The number of methoxy groups -OCH3 is 1. The van der Waals surface area contributed by atoms with Gasteiger partial charge in [-0.2, -0.15) is 9.04 Å². The van der Waals surface area contributed by atoms with Gasteiger partial charge in [0.2, 0.25) is 0 Å². The number of carbonyl (C=O) groups is 1. The topological polar surface area (TPSA) is 104 Å². The van der Waals surface area contributed by atoms with E-state index in [2.05, 4.69) is 4.98 Å². The molecule has 2 aromatic carbocycles. The molecule has 9 heteroatoms. The molecule has 2 heterocycles. The fourth-order valence-electron chi connectivity index (χ4n) is 3.35. The average molecular weight is 488 g/mol. The number of amides is 1. The van der Waals surface area contributed by atoms with Crippen LogP contribution < -0.4 is 13.8 Å². The van der Waals surface area contributed by atoms with Gasteiger partial charge in [-0.25, -0.2) is 8.42 Å². The second-order valence-electron chi connectivity index (χ2n) is 7.37. The van der Waals surface area contributed by atoms with Gasteiger partial charge in [-0.3, -0.25) is 9.78 Å². The lowest BCUT2D eigenvalue weighted by molar-refractivity contribution is -0.605. The van der Waals surface area contributed by atoms with Crippen molar-refractivity contribution in [1.29, 1.82) is 0 Å². The van der Waals surface area contributed by atoms with Gasteiger partial charge in [0.25, 0.3) is 15.9 Å². The zero-order chi connectivity index (χ0) is 24.8. The third-order valence-electron chi connectivity index (χ3n) is 5.15. The number of anilines is 1. The van der Waals surface area contributed by atoms with Crippen molar-refractivity contribution in [2.45, 2.75) is 4.90 Å². The van der Waals surface area contributed by atoms with Crippen LogP contribution in [0.3, 0.4) is 0 Å². The molecule has 0 N–H and O–H groups in total. The quantitative estimate of drug-likeness (QED) is 0.289. The number of para-hydroxylation sites is 1. The highest BCUT2D eigenvalue weighted by molar-refractivity contribution is 7.93. The lowest BCUT2D eigenvalue weighted by Gasteiger charge is -2.24. The van der Waals surface area contributed by atoms with Crippen molar-refractivity contribution in [2.24, 2.45) is 0 Å². The molecule has 4 rings (SSSR count). The normalized spacial score (nSPS) is 11.3. The van der Waals surface area contributed by atoms with E-state index in [4.69, 9.17) is 4.74 Å². The van der Waals surface area contributed by atoms with Gasteiger partial charge < -0.3 is 9.94 Å². The van der Waals surface area contributed by atoms with E-state index in [1.54, 1.807) is 48.6 Å². The Balaban J connectivity index is 1.84. The lowest BCUT2D eigenvalue weighted by Crippen LogP contribution is -2.37. The van der Waals surface area contributed by atoms with Crippen LogP contribution in [-0.2, 0) is 10.0 Å². The Kier molecular flexibility index (Phi) is 6.88. The first-order chi connectivity index (χ1) is 16.9. The van der Waals surface area contributed by atoms with Gasteiger partial charge in [0, 0.05) is 30.1 Å². The number of hydrogen-bond donors (Lipinski definition) is 0. The Hall–Kier alpha value is -4.50.